The Morgan fingerprint density at radius 1 is 0.800 bits per heavy atom. The van der Waals surface area contributed by atoms with Crippen molar-refractivity contribution in [2.24, 2.45) is 0 Å². The van der Waals surface area contributed by atoms with Gasteiger partial charge in [-0.2, -0.15) is 8.42 Å². The predicted octanol–water partition coefficient (Wildman–Crippen LogP) is 7.13. The second-order valence-corrected chi connectivity index (χ2v) is 9.67. The van der Waals surface area contributed by atoms with Crippen molar-refractivity contribution in [1.82, 2.24) is 0 Å². The number of anilines is 1. The molecule has 0 bridgehead atoms. The molecule has 0 aliphatic rings. The van der Waals surface area contributed by atoms with Crippen LogP contribution in [0.4, 0.5) is 5.69 Å². The molecule has 0 heterocycles. The number of amides is 1. The van der Waals surface area contributed by atoms with Gasteiger partial charge >= 0.3 is 0 Å². The molecular weight excluding hydrogens is 398 g/mol. The van der Waals surface area contributed by atoms with E-state index in [-0.39, 0.29) is 10.8 Å². The lowest BCUT2D eigenvalue weighted by Gasteiger charge is -2.06. The summed E-state index contributed by atoms with van der Waals surface area (Å²) in [6.07, 6.45) is 19.7. The fraction of sp³-hybridized carbons (Fsp3) is 0.708. The van der Waals surface area contributed by atoms with Gasteiger partial charge in [-0.1, -0.05) is 103 Å². The molecule has 0 saturated heterocycles. The number of hydrogen-bond acceptors (Lipinski definition) is 3. The van der Waals surface area contributed by atoms with E-state index in [0.29, 0.717) is 12.1 Å². The quantitative estimate of drug-likeness (QED) is 0.188. The van der Waals surface area contributed by atoms with Gasteiger partial charge in [0.25, 0.3) is 10.1 Å². The van der Waals surface area contributed by atoms with Crippen LogP contribution in [0.3, 0.4) is 0 Å². The lowest BCUT2D eigenvalue weighted by molar-refractivity contribution is -0.116. The molecule has 1 aromatic carbocycles. The molecule has 0 fully saturated rings. The fourth-order valence-corrected chi connectivity index (χ4v) is 4.14. The highest BCUT2D eigenvalue weighted by molar-refractivity contribution is 7.85. The lowest BCUT2D eigenvalue weighted by Crippen LogP contribution is -2.11. The molecule has 0 radical (unpaired) electrons. The molecule has 0 spiro atoms. The number of unbranched alkanes of at least 4 members (excludes halogenated alkanes) is 14. The highest BCUT2D eigenvalue weighted by atomic mass is 32.2. The van der Waals surface area contributed by atoms with E-state index < -0.39 is 10.1 Å². The normalized spacial score (nSPS) is 11.5. The highest BCUT2D eigenvalue weighted by Crippen LogP contribution is 2.16. The maximum Gasteiger partial charge on any atom is 0.294 e. The average Bonchev–Trinajstić information content (AvgIpc) is 2.70. The smallest absolute Gasteiger partial charge is 0.294 e. The Morgan fingerprint density at radius 3 is 1.73 bits per heavy atom. The van der Waals surface area contributed by atoms with Crippen LogP contribution in [0.15, 0.2) is 29.2 Å². The van der Waals surface area contributed by atoms with Gasteiger partial charge in [0.1, 0.15) is 0 Å². The summed E-state index contributed by atoms with van der Waals surface area (Å²) in [4.78, 5) is 11.8. The molecule has 5 nitrogen and oxygen atoms in total. The standard InChI is InChI=1S/C24H41NO4S/c1-2-3-4-5-6-7-8-9-10-11-12-13-14-15-16-20-24(26)25-22-18-17-19-23(21-22)30(27,28)29/h17-19,21H,2-16,20H2,1H3,(H,25,26)(H,27,28,29). The van der Waals surface area contributed by atoms with Crippen LogP contribution in [0.25, 0.3) is 0 Å². The van der Waals surface area contributed by atoms with Gasteiger partial charge in [-0.05, 0) is 24.6 Å². The van der Waals surface area contributed by atoms with E-state index in [2.05, 4.69) is 12.2 Å². The zero-order chi connectivity index (χ0) is 22.1. The molecule has 1 amide bonds. The van der Waals surface area contributed by atoms with Crippen molar-refractivity contribution in [2.75, 3.05) is 5.32 Å². The van der Waals surface area contributed by atoms with Crippen molar-refractivity contribution in [3.05, 3.63) is 24.3 Å². The molecule has 172 valence electrons. The van der Waals surface area contributed by atoms with E-state index in [0.717, 1.165) is 19.3 Å². The van der Waals surface area contributed by atoms with E-state index >= 15 is 0 Å². The SMILES string of the molecule is CCCCCCCCCCCCCCCCCC(=O)Nc1cccc(S(=O)(=O)O)c1. The summed E-state index contributed by atoms with van der Waals surface area (Å²) in [5, 5.41) is 2.69. The molecule has 1 aromatic rings. The molecule has 0 aliphatic heterocycles. The Hall–Kier alpha value is -1.40. The molecule has 30 heavy (non-hydrogen) atoms. The van der Waals surface area contributed by atoms with Gasteiger partial charge in [0, 0.05) is 12.1 Å². The molecule has 0 unspecified atom stereocenters. The summed E-state index contributed by atoms with van der Waals surface area (Å²) in [6, 6.07) is 5.66. The van der Waals surface area contributed by atoms with Crippen LogP contribution in [-0.4, -0.2) is 18.9 Å². The van der Waals surface area contributed by atoms with E-state index in [4.69, 9.17) is 4.55 Å². The van der Waals surface area contributed by atoms with E-state index in [1.807, 2.05) is 0 Å². The van der Waals surface area contributed by atoms with Gasteiger partial charge in [0.15, 0.2) is 0 Å². The summed E-state index contributed by atoms with van der Waals surface area (Å²) < 4.78 is 31.3. The zero-order valence-electron chi connectivity index (χ0n) is 18.7. The molecular formula is C24H41NO4S. The van der Waals surface area contributed by atoms with Crippen LogP contribution < -0.4 is 5.32 Å². The van der Waals surface area contributed by atoms with Crippen molar-refractivity contribution in [2.45, 2.75) is 115 Å². The average molecular weight is 440 g/mol. The third-order valence-electron chi connectivity index (χ3n) is 5.42. The maximum atomic E-state index is 12.0. The third-order valence-corrected chi connectivity index (χ3v) is 6.27. The number of carbonyl (C=O) groups is 1. The number of nitrogens with one attached hydrogen (secondary N) is 1. The first-order valence-corrected chi connectivity index (χ1v) is 13.2. The molecule has 2 N–H and O–H groups in total. The first kappa shape index (κ1) is 26.6. The van der Waals surface area contributed by atoms with E-state index in [9.17, 15) is 13.2 Å². The van der Waals surface area contributed by atoms with Crippen molar-refractivity contribution in [3.63, 3.8) is 0 Å². The van der Waals surface area contributed by atoms with Crippen LogP contribution in [0.2, 0.25) is 0 Å². The van der Waals surface area contributed by atoms with Crippen LogP contribution in [0.1, 0.15) is 110 Å². The summed E-state index contributed by atoms with van der Waals surface area (Å²) in [7, 11) is -4.26. The Bertz CT molecular complexity index is 688. The fourth-order valence-electron chi connectivity index (χ4n) is 3.61. The summed E-state index contributed by atoms with van der Waals surface area (Å²) in [5.41, 5.74) is 0.385. The number of hydrogen-bond donors (Lipinski definition) is 2. The summed E-state index contributed by atoms with van der Waals surface area (Å²) in [5.74, 6) is -0.128. The third kappa shape index (κ3) is 13.8. The number of benzene rings is 1. The summed E-state index contributed by atoms with van der Waals surface area (Å²) in [6.45, 7) is 2.26. The summed E-state index contributed by atoms with van der Waals surface area (Å²) >= 11 is 0. The lowest BCUT2D eigenvalue weighted by atomic mass is 10.0. The zero-order valence-corrected chi connectivity index (χ0v) is 19.5. The first-order chi connectivity index (χ1) is 14.4. The largest absolute Gasteiger partial charge is 0.326 e. The molecule has 0 aromatic heterocycles. The Labute approximate surface area is 183 Å². The van der Waals surface area contributed by atoms with E-state index in [1.54, 1.807) is 6.07 Å². The molecule has 0 aliphatic carbocycles. The van der Waals surface area contributed by atoms with Crippen molar-refractivity contribution < 1.29 is 17.8 Å². The maximum absolute atomic E-state index is 12.0. The topological polar surface area (TPSA) is 83.5 Å². The number of rotatable bonds is 18. The minimum absolute atomic E-state index is 0.128. The van der Waals surface area contributed by atoms with Gasteiger partial charge in [-0.25, -0.2) is 0 Å². The van der Waals surface area contributed by atoms with Crippen LogP contribution >= 0.6 is 0 Å². The minimum Gasteiger partial charge on any atom is -0.326 e. The van der Waals surface area contributed by atoms with Gasteiger partial charge in [-0.15, -0.1) is 0 Å². The van der Waals surface area contributed by atoms with Gasteiger partial charge in [0.05, 0.1) is 4.90 Å². The Balaban J connectivity index is 1.95. The van der Waals surface area contributed by atoms with E-state index in [1.165, 1.54) is 95.2 Å². The second kappa shape index (κ2) is 16.3. The molecule has 0 atom stereocenters. The monoisotopic (exact) mass is 439 g/mol. The van der Waals surface area contributed by atoms with Crippen LogP contribution in [-0.2, 0) is 14.9 Å². The van der Waals surface area contributed by atoms with Crippen LogP contribution in [0, 0.1) is 0 Å². The predicted molar refractivity (Wildman–Crippen MR) is 124 cm³/mol. The van der Waals surface area contributed by atoms with Gasteiger partial charge < -0.3 is 5.32 Å². The van der Waals surface area contributed by atoms with Crippen LogP contribution in [0.5, 0.6) is 0 Å². The van der Waals surface area contributed by atoms with Gasteiger partial charge in [0.2, 0.25) is 5.91 Å². The Morgan fingerprint density at radius 2 is 1.27 bits per heavy atom. The second-order valence-electron chi connectivity index (χ2n) is 8.25. The van der Waals surface area contributed by atoms with Crippen molar-refractivity contribution in [3.8, 4) is 0 Å². The van der Waals surface area contributed by atoms with Crippen molar-refractivity contribution in [1.29, 1.82) is 0 Å². The van der Waals surface area contributed by atoms with Gasteiger partial charge in [-0.3, -0.25) is 9.35 Å². The van der Waals surface area contributed by atoms with Crippen molar-refractivity contribution >= 4 is 21.7 Å². The first-order valence-electron chi connectivity index (χ1n) is 11.8. The molecule has 1 rings (SSSR count). The molecule has 6 heteroatoms. The Kier molecular flexibility index (Phi) is 14.5. The minimum atomic E-state index is -4.26. The number of carbonyl (C=O) groups excluding carboxylic acids is 1. The highest BCUT2D eigenvalue weighted by Gasteiger charge is 2.10. The molecule has 0 saturated carbocycles.